The van der Waals surface area contributed by atoms with Crippen LogP contribution in [-0.2, 0) is 26.4 Å². The lowest BCUT2D eigenvalue weighted by atomic mass is 9.69. The van der Waals surface area contributed by atoms with Crippen molar-refractivity contribution in [2.75, 3.05) is 7.11 Å². The highest BCUT2D eigenvalue weighted by atomic mass is 16.6. The van der Waals surface area contributed by atoms with Gasteiger partial charge in [0.1, 0.15) is 24.9 Å². The standard InChI is InChI=1S/C27H29NO6/c1-16-7-6-8-23(27(26(31)32)12-11-17(2)21(14-27)25(29)30)22(16)15-34-24-10-9-20(13-18(24)3)19(4)28-33-5/h6-13H,14-15H2,1-5H3,(H,29,30)(H,31,32). The molecule has 1 unspecified atom stereocenters. The van der Waals surface area contributed by atoms with Gasteiger partial charge in [-0.25, -0.2) is 4.79 Å². The molecule has 0 spiro atoms. The third-order valence-corrected chi connectivity index (χ3v) is 6.27. The van der Waals surface area contributed by atoms with Gasteiger partial charge in [0.2, 0.25) is 0 Å². The first kappa shape index (κ1) is 24.8. The van der Waals surface area contributed by atoms with Gasteiger partial charge >= 0.3 is 11.9 Å². The molecule has 0 aromatic heterocycles. The average Bonchev–Trinajstić information content (AvgIpc) is 2.79. The summed E-state index contributed by atoms with van der Waals surface area (Å²) in [5, 5.41) is 23.9. The van der Waals surface area contributed by atoms with Crippen LogP contribution in [0.15, 0.2) is 64.9 Å². The predicted octanol–water partition coefficient (Wildman–Crippen LogP) is 4.94. The fraction of sp³-hybridized carbons (Fsp3) is 0.296. The van der Waals surface area contributed by atoms with Gasteiger partial charge in [-0.1, -0.05) is 35.5 Å². The summed E-state index contributed by atoms with van der Waals surface area (Å²) in [6.07, 6.45) is 3.04. The van der Waals surface area contributed by atoms with Crippen molar-refractivity contribution in [2.45, 2.75) is 46.1 Å². The Morgan fingerprint density at radius 3 is 2.44 bits per heavy atom. The van der Waals surface area contributed by atoms with Crippen LogP contribution in [-0.4, -0.2) is 35.0 Å². The fourth-order valence-corrected chi connectivity index (χ4v) is 4.22. The van der Waals surface area contributed by atoms with Crippen molar-refractivity contribution in [3.8, 4) is 5.75 Å². The summed E-state index contributed by atoms with van der Waals surface area (Å²) in [7, 11) is 1.50. The lowest BCUT2D eigenvalue weighted by molar-refractivity contribution is -0.142. The van der Waals surface area contributed by atoms with Gasteiger partial charge in [0, 0.05) is 12.0 Å². The topological polar surface area (TPSA) is 105 Å². The van der Waals surface area contributed by atoms with Crippen LogP contribution in [0.4, 0.5) is 0 Å². The number of hydrogen-bond donors (Lipinski definition) is 2. The van der Waals surface area contributed by atoms with E-state index in [4.69, 9.17) is 9.57 Å². The number of benzene rings is 2. The summed E-state index contributed by atoms with van der Waals surface area (Å²) in [5.41, 5.74) is 3.81. The van der Waals surface area contributed by atoms with E-state index in [0.717, 1.165) is 28.0 Å². The molecule has 0 saturated heterocycles. The van der Waals surface area contributed by atoms with Crippen LogP contribution in [0.2, 0.25) is 0 Å². The van der Waals surface area contributed by atoms with Crippen molar-refractivity contribution in [3.63, 3.8) is 0 Å². The first-order valence-corrected chi connectivity index (χ1v) is 10.9. The zero-order chi connectivity index (χ0) is 25.0. The number of aryl methyl sites for hydroxylation is 2. The number of allylic oxidation sites excluding steroid dienone is 2. The molecule has 0 bridgehead atoms. The van der Waals surface area contributed by atoms with E-state index in [-0.39, 0.29) is 18.6 Å². The van der Waals surface area contributed by atoms with Crippen molar-refractivity contribution in [2.24, 2.45) is 5.16 Å². The summed E-state index contributed by atoms with van der Waals surface area (Å²) in [6.45, 7) is 7.48. The molecule has 1 aliphatic carbocycles. The lowest BCUT2D eigenvalue weighted by Crippen LogP contribution is -2.38. The van der Waals surface area contributed by atoms with Crippen LogP contribution < -0.4 is 4.74 Å². The fourth-order valence-electron chi connectivity index (χ4n) is 4.22. The minimum absolute atomic E-state index is 0.0952. The molecule has 0 radical (unpaired) electrons. The number of hydrogen-bond acceptors (Lipinski definition) is 5. The Kier molecular flexibility index (Phi) is 7.25. The Bertz CT molecular complexity index is 1220. The average molecular weight is 464 g/mol. The van der Waals surface area contributed by atoms with Crippen LogP contribution in [0.5, 0.6) is 5.75 Å². The van der Waals surface area contributed by atoms with E-state index in [1.807, 2.05) is 45.0 Å². The summed E-state index contributed by atoms with van der Waals surface area (Å²) in [4.78, 5) is 29.2. The van der Waals surface area contributed by atoms with Gasteiger partial charge < -0.3 is 19.8 Å². The number of carboxylic acids is 2. The third-order valence-electron chi connectivity index (χ3n) is 6.27. The molecule has 1 atom stereocenters. The minimum atomic E-state index is -1.50. The van der Waals surface area contributed by atoms with E-state index < -0.39 is 17.4 Å². The smallest absolute Gasteiger partial charge is 0.331 e. The second-order valence-corrected chi connectivity index (χ2v) is 8.48. The van der Waals surface area contributed by atoms with Crippen LogP contribution in [0.1, 0.15) is 48.1 Å². The molecule has 178 valence electrons. The molecule has 34 heavy (non-hydrogen) atoms. The molecule has 0 heterocycles. The SMILES string of the molecule is CON=C(C)c1ccc(OCc2c(C)cccc2C2(C(=O)O)C=CC(C)=C(C(=O)O)C2)c(C)c1. The normalized spacial score (nSPS) is 18.1. The second-order valence-electron chi connectivity index (χ2n) is 8.48. The number of ether oxygens (including phenoxy) is 1. The van der Waals surface area contributed by atoms with Crippen molar-refractivity contribution in [1.82, 2.24) is 0 Å². The maximum Gasteiger partial charge on any atom is 0.331 e. The maximum atomic E-state index is 12.6. The lowest BCUT2D eigenvalue weighted by Gasteiger charge is -2.32. The first-order chi connectivity index (χ1) is 16.1. The molecule has 2 aromatic carbocycles. The highest BCUT2D eigenvalue weighted by Crippen LogP contribution is 2.41. The molecule has 0 fully saturated rings. The second kappa shape index (κ2) is 9.95. The van der Waals surface area contributed by atoms with E-state index >= 15 is 0 Å². The summed E-state index contributed by atoms with van der Waals surface area (Å²) >= 11 is 0. The molecule has 2 aromatic rings. The minimum Gasteiger partial charge on any atom is -0.489 e. The van der Waals surface area contributed by atoms with Gasteiger partial charge in [0.05, 0.1) is 5.71 Å². The Morgan fingerprint density at radius 1 is 1.09 bits per heavy atom. The third kappa shape index (κ3) is 4.73. The molecule has 7 heteroatoms. The molecule has 2 N–H and O–H groups in total. The van der Waals surface area contributed by atoms with Crippen LogP contribution in [0, 0.1) is 13.8 Å². The van der Waals surface area contributed by atoms with E-state index in [2.05, 4.69) is 5.16 Å². The molecular weight excluding hydrogens is 434 g/mol. The maximum absolute atomic E-state index is 12.6. The quantitative estimate of drug-likeness (QED) is 0.425. The highest BCUT2D eigenvalue weighted by molar-refractivity contribution is 5.98. The Hall–Kier alpha value is -3.87. The highest BCUT2D eigenvalue weighted by Gasteiger charge is 2.43. The number of carboxylic acid groups (broad SMARTS) is 2. The number of aliphatic carboxylic acids is 2. The van der Waals surface area contributed by atoms with Crippen LogP contribution in [0.3, 0.4) is 0 Å². The summed E-state index contributed by atoms with van der Waals surface area (Å²) in [6, 6.07) is 11.1. The van der Waals surface area contributed by atoms with E-state index in [9.17, 15) is 19.8 Å². The number of rotatable bonds is 8. The molecule has 7 nitrogen and oxygen atoms in total. The van der Waals surface area contributed by atoms with Gasteiger partial charge in [-0.15, -0.1) is 0 Å². The van der Waals surface area contributed by atoms with Gasteiger partial charge in [-0.2, -0.15) is 0 Å². The zero-order valence-corrected chi connectivity index (χ0v) is 20.0. The molecular formula is C27H29NO6. The number of carbonyl (C=O) groups is 2. The first-order valence-electron chi connectivity index (χ1n) is 10.9. The largest absolute Gasteiger partial charge is 0.489 e. The summed E-state index contributed by atoms with van der Waals surface area (Å²) < 4.78 is 6.13. The molecule has 1 aliphatic rings. The van der Waals surface area contributed by atoms with E-state index in [1.165, 1.54) is 7.11 Å². The van der Waals surface area contributed by atoms with Gasteiger partial charge in [-0.05, 0) is 79.3 Å². The van der Waals surface area contributed by atoms with Crippen molar-refractivity contribution >= 4 is 17.7 Å². The van der Waals surface area contributed by atoms with E-state index in [0.29, 0.717) is 16.9 Å². The molecule has 0 saturated carbocycles. The molecule has 0 amide bonds. The predicted molar refractivity (Wildman–Crippen MR) is 129 cm³/mol. The molecule has 0 aliphatic heterocycles. The zero-order valence-electron chi connectivity index (χ0n) is 20.0. The van der Waals surface area contributed by atoms with Gasteiger partial charge in [0.15, 0.2) is 0 Å². The number of nitrogens with zero attached hydrogens (tertiary/aromatic N) is 1. The van der Waals surface area contributed by atoms with Crippen molar-refractivity contribution in [1.29, 1.82) is 0 Å². The van der Waals surface area contributed by atoms with Crippen LogP contribution in [0.25, 0.3) is 0 Å². The van der Waals surface area contributed by atoms with Gasteiger partial charge in [0.25, 0.3) is 0 Å². The summed E-state index contributed by atoms with van der Waals surface area (Å²) in [5.74, 6) is -1.55. The number of oxime groups is 1. The van der Waals surface area contributed by atoms with Gasteiger partial charge in [-0.3, -0.25) is 4.79 Å². The monoisotopic (exact) mass is 463 g/mol. The Balaban J connectivity index is 1.99. The Labute approximate surface area is 199 Å². The van der Waals surface area contributed by atoms with Crippen molar-refractivity contribution in [3.05, 3.63) is 87.5 Å². The van der Waals surface area contributed by atoms with E-state index in [1.54, 1.807) is 31.2 Å². The van der Waals surface area contributed by atoms with Crippen molar-refractivity contribution < 1.29 is 29.4 Å². The Morgan fingerprint density at radius 2 is 1.82 bits per heavy atom. The van der Waals surface area contributed by atoms with Crippen LogP contribution >= 0.6 is 0 Å². The molecule has 3 rings (SSSR count).